The number of hydrogen-bond donors (Lipinski definition) is 0. The first-order chi connectivity index (χ1) is 15.9. The molecule has 0 bridgehead atoms. The monoisotopic (exact) mass is 428 g/mol. The topological polar surface area (TPSA) is 13.1 Å². The van der Waals surface area contributed by atoms with Gasteiger partial charge in [0, 0.05) is 26.8 Å². The van der Waals surface area contributed by atoms with Crippen molar-refractivity contribution in [2.75, 3.05) is 0 Å². The minimum absolute atomic E-state index is 0.921. The van der Waals surface area contributed by atoms with Gasteiger partial charge in [0.2, 0.25) is 0 Å². The van der Waals surface area contributed by atoms with Crippen LogP contribution in [0.1, 0.15) is 0 Å². The summed E-state index contributed by atoms with van der Waals surface area (Å²) in [5.74, 6) is 1.86. The molecule has 0 spiro atoms. The average molecular weight is 429 g/mol. The molecule has 2 heterocycles. The molecule has 6 rings (SSSR count). The maximum Gasteiger partial charge on any atom is 0.153 e. The van der Waals surface area contributed by atoms with Crippen LogP contribution in [0.5, 0.6) is 0 Å². The van der Waals surface area contributed by atoms with Crippen molar-refractivity contribution >= 4 is 22.1 Å². The third-order valence-corrected chi connectivity index (χ3v) is 6.92. The summed E-state index contributed by atoms with van der Waals surface area (Å²) in [6.07, 6.45) is 0. The van der Waals surface area contributed by atoms with E-state index in [1.165, 1.54) is 21.6 Å². The number of rotatable bonds is 4. The second-order valence-electron chi connectivity index (χ2n) is 7.76. The molecule has 0 aliphatic carbocycles. The summed E-state index contributed by atoms with van der Waals surface area (Å²) in [6, 6.07) is 42.3. The van der Waals surface area contributed by atoms with E-state index in [2.05, 4.69) is 115 Å². The molecular formula is C30H20OS. The van der Waals surface area contributed by atoms with Gasteiger partial charge in [0.15, 0.2) is 5.76 Å². The summed E-state index contributed by atoms with van der Waals surface area (Å²) in [7, 11) is 0. The van der Waals surface area contributed by atoms with E-state index >= 15 is 0 Å². The van der Waals surface area contributed by atoms with Crippen LogP contribution in [0.3, 0.4) is 0 Å². The van der Waals surface area contributed by atoms with E-state index in [9.17, 15) is 0 Å². The van der Waals surface area contributed by atoms with Crippen molar-refractivity contribution in [1.29, 1.82) is 0 Å². The van der Waals surface area contributed by atoms with Gasteiger partial charge in [0.25, 0.3) is 0 Å². The van der Waals surface area contributed by atoms with Gasteiger partial charge in [-0.2, -0.15) is 0 Å². The van der Waals surface area contributed by atoms with Crippen LogP contribution in [0, 0.1) is 0 Å². The fraction of sp³-hybridized carbons (Fsp3) is 0. The Labute approximate surface area is 191 Å². The van der Waals surface area contributed by atoms with Gasteiger partial charge in [-0.15, -0.1) is 11.3 Å². The highest BCUT2D eigenvalue weighted by molar-refractivity contribution is 7.19. The van der Waals surface area contributed by atoms with Gasteiger partial charge >= 0.3 is 0 Å². The zero-order chi connectivity index (χ0) is 21.3. The Bertz CT molecular complexity index is 1490. The molecule has 4 aromatic carbocycles. The zero-order valence-electron chi connectivity index (χ0n) is 17.4. The summed E-state index contributed by atoms with van der Waals surface area (Å²) < 4.78 is 6.66. The van der Waals surface area contributed by atoms with Crippen LogP contribution >= 0.6 is 11.3 Å². The Balaban J connectivity index is 1.63. The molecule has 0 saturated carbocycles. The van der Waals surface area contributed by atoms with Crippen molar-refractivity contribution in [2.45, 2.75) is 0 Å². The fourth-order valence-corrected chi connectivity index (χ4v) is 5.38. The fourth-order valence-electron chi connectivity index (χ4n) is 4.20. The molecule has 0 fully saturated rings. The summed E-state index contributed by atoms with van der Waals surface area (Å²) in [5.41, 5.74) is 4.72. The molecule has 0 atom stereocenters. The molecule has 2 aromatic heterocycles. The maximum atomic E-state index is 6.66. The van der Waals surface area contributed by atoms with Crippen molar-refractivity contribution in [3.8, 4) is 43.5 Å². The highest BCUT2D eigenvalue weighted by atomic mass is 32.1. The summed E-state index contributed by atoms with van der Waals surface area (Å²) >= 11 is 1.79. The molecular weight excluding hydrogens is 408 g/mol. The van der Waals surface area contributed by atoms with E-state index in [1.807, 2.05) is 6.07 Å². The van der Waals surface area contributed by atoms with Gasteiger partial charge in [-0.05, 0) is 17.2 Å². The van der Waals surface area contributed by atoms with E-state index in [1.54, 1.807) is 11.3 Å². The molecule has 0 radical (unpaired) electrons. The summed E-state index contributed by atoms with van der Waals surface area (Å²) in [6.45, 7) is 0. The first-order valence-electron chi connectivity index (χ1n) is 10.7. The average Bonchev–Trinajstić information content (AvgIpc) is 3.48. The van der Waals surface area contributed by atoms with Crippen molar-refractivity contribution in [2.24, 2.45) is 0 Å². The van der Waals surface area contributed by atoms with Crippen LogP contribution in [0.15, 0.2) is 126 Å². The van der Waals surface area contributed by atoms with Crippen LogP contribution in [-0.2, 0) is 0 Å². The largest absolute Gasteiger partial charge is 0.454 e. The van der Waals surface area contributed by atoms with Crippen LogP contribution in [0.25, 0.3) is 54.3 Å². The maximum absolute atomic E-state index is 6.66. The zero-order valence-corrected chi connectivity index (χ0v) is 18.2. The lowest BCUT2D eigenvalue weighted by atomic mass is 10.0. The molecule has 0 unspecified atom stereocenters. The third-order valence-electron chi connectivity index (χ3n) is 5.74. The Morgan fingerprint density at radius 2 is 0.969 bits per heavy atom. The Morgan fingerprint density at radius 1 is 0.469 bits per heavy atom. The van der Waals surface area contributed by atoms with E-state index in [0.717, 1.165) is 32.7 Å². The highest BCUT2D eigenvalue weighted by Crippen LogP contribution is 2.48. The van der Waals surface area contributed by atoms with Crippen molar-refractivity contribution in [3.05, 3.63) is 121 Å². The quantitative estimate of drug-likeness (QED) is 0.273. The van der Waals surface area contributed by atoms with Gasteiger partial charge in [0.05, 0.1) is 4.88 Å². The van der Waals surface area contributed by atoms with Gasteiger partial charge < -0.3 is 4.42 Å². The second-order valence-corrected chi connectivity index (χ2v) is 8.81. The predicted octanol–water partition coefficient (Wildman–Crippen LogP) is 9.16. The molecule has 6 aromatic rings. The number of benzene rings is 4. The smallest absolute Gasteiger partial charge is 0.153 e. The SMILES string of the molecule is c1ccc(-c2cc(-c3ccccc3)c(-c3oc(-c4ccccc4)c4ccccc34)s2)cc1. The summed E-state index contributed by atoms with van der Waals surface area (Å²) in [5, 5.41) is 2.28. The van der Waals surface area contributed by atoms with Crippen LogP contribution < -0.4 is 0 Å². The normalized spacial score (nSPS) is 11.1. The van der Waals surface area contributed by atoms with Crippen molar-refractivity contribution < 1.29 is 4.42 Å². The van der Waals surface area contributed by atoms with Crippen LogP contribution in [0.2, 0.25) is 0 Å². The highest BCUT2D eigenvalue weighted by Gasteiger charge is 2.21. The Hall–Kier alpha value is -3.88. The first-order valence-corrected chi connectivity index (χ1v) is 11.5. The third kappa shape index (κ3) is 3.26. The van der Waals surface area contributed by atoms with Crippen LogP contribution in [-0.4, -0.2) is 0 Å². The van der Waals surface area contributed by atoms with Gasteiger partial charge in [-0.25, -0.2) is 0 Å². The van der Waals surface area contributed by atoms with E-state index in [4.69, 9.17) is 4.42 Å². The lowest BCUT2D eigenvalue weighted by molar-refractivity contribution is 0.603. The number of furan rings is 1. The van der Waals surface area contributed by atoms with E-state index in [-0.39, 0.29) is 0 Å². The van der Waals surface area contributed by atoms with Gasteiger partial charge in [0.1, 0.15) is 5.76 Å². The van der Waals surface area contributed by atoms with Crippen molar-refractivity contribution in [1.82, 2.24) is 0 Å². The summed E-state index contributed by atoms with van der Waals surface area (Å²) in [4.78, 5) is 2.40. The molecule has 0 N–H and O–H groups in total. The Kier molecular flexibility index (Phi) is 4.71. The lowest BCUT2D eigenvalue weighted by Crippen LogP contribution is -1.77. The number of fused-ring (bicyclic) bond motifs is 1. The molecule has 1 nitrogen and oxygen atoms in total. The number of hydrogen-bond acceptors (Lipinski definition) is 2. The molecule has 0 aliphatic heterocycles. The minimum Gasteiger partial charge on any atom is -0.454 e. The van der Waals surface area contributed by atoms with Crippen LogP contribution in [0.4, 0.5) is 0 Å². The molecule has 0 saturated heterocycles. The van der Waals surface area contributed by atoms with Crippen molar-refractivity contribution in [3.63, 3.8) is 0 Å². The Morgan fingerprint density at radius 3 is 1.59 bits per heavy atom. The van der Waals surface area contributed by atoms with Gasteiger partial charge in [-0.3, -0.25) is 0 Å². The van der Waals surface area contributed by atoms with Gasteiger partial charge in [-0.1, -0.05) is 115 Å². The predicted molar refractivity (Wildman–Crippen MR) is 136 cm³/mol. The molecule has 152 valence electrons. The molecule has 2 heteroatoms. The molecule has 0 aliphatic rings. The number of thiophene rings is 1. The lowest BCUT2D eigenvalue weighted by Gasteiger charge is -2.02. The molecule has 0 amide bonds. The van der Waals surface area contributed by atoms with E-state index < -0.39 is 0 Å². The molecule has 32 heavy (non-hydrogen) atoms. The van der Waals surface area contributed by atoms with E-state index in [0.29, 0.717) is 0 Å². The second kappa shape index (κ2) is 7.99. The first kappa shape index (κ1) is 18.9. The standard InChI is InChI=1S/C30H20OS/c1-4-12-21(13-5-1)26-20-27(22-14-6-2-7-15-22)32-30(26)29-25-19-11-10-18-24(25)28(31-29)23-16-8-3-9-17-23/h1-20H. The minimum atomic E-state index is 0.921.